The maximum absolute atomic E-state index is 12.5. The van der Waals surface area contributed by atoms with Gasteiger partial charge in [-0.2, -0.15) is 0 Å². The van der Waals surface area contributed by atoms with Crippen molar-refractivity contribution < 1.29 is 13.9 Å². The molecule has 1 aromatic heterocycles. The van der Waals surface area contributed by atoms with E-state index >= 15 is 0 Å². The Balaban J connectivity index is 0.00000306. The highest BCUT2D eigenvalue weighted by Gasteiger charge is 2.14. The third-order valence-electron chi connectivity index (χ3n) is 5.03. The summed E-state index contributed by atoms with van der Waals surface area (Å²) in [6, 6.07) is 21.3. The van der Waals surface area contributed by atoms with Crippen molar-refractivity contribution in [3.63, 3.8) is 0 Å². The number of carbonyl (C=O) groups excluding carboxylic acids is 1. The van der Waals surface area contributed by atoms with E-state index in [1.54, 1.807) is 30.3 Å². The van der Waals surface area contributed by atoms with E-state index in [1.807, 2.05) is 61.5 Å². The van der Waals surface area contributed by atoms with Crippen molar-refractivity contribution >= 4 is 46.5 Å². The SMILES string of the molecule is COc1cc(NC(=O)Nc2ccc(N(C)C)cc2)ccc1-c1cc2ccccc2oc1=O.Cl. The van der Waals surface area contributed by atoms with Crippen LogP contribution >= 0.6 is 12.4 Å². The second-order valence-corrected chi connectivity index (χ2v) is 7.42. The normalized spacial score (nSPS) is 10.3. The first-order valence-corrected chi connectivity index (χ1v) is 10.0. The lowest BCUT2D eigenvalue weighted by Gasteiger charge is -2.14. The number of hydrogen-bond donors (Lipinski definition) is 2. The molecule has 0 spiro atoms. The average molecular weight is 466 g/mol. The minimum absolute atomic E-state index is 0. The van der Waals surface area contributed by atoms with Crippen LogP contribution in [-0.4, -0.2) is 27.2 Å². The molecular formula is C25H24ClN3O4. The third-order valence-corrected chi connectivity index (χ3v) is 5.03. The quantitative estimate of drug-likeness (QED) is 0.375. The van der Waals surface area contributed by atoms with Crippen molar-refractivity contribution in [3.8, 4) is 16.9 Å². The Bertz CT molecular complexity index is 1330. The number of urea groups is 1. The van der Waals surface area contributed by atoms with Gasteiger partial charge in [-0.05, 0) is 48.5 Å². The summed E-state index contributed by atoms with van der Waals surface area (Å²) in [4.78, 5) is 26.9. The van der Waals surface area contributed by atoms with Crippen molar-refractivity contribution in [1.29, 1.82) is 0 Å². The van der Waals surface area contributed by atoms with E-state index in [1.165, 1.54) is 7.11 Å². The molecule has 1 heterocycles. The van der Waals surface area contributed by atoms with E-state index in [9.17, 15) is 9.59 Å². The topological polar surface area (TPSA) is 83.8 Å². The van der Waals surface area contributed by atoms with Gasteiger partial charge >= 0.3 is 11.7 Å². The minimum atomic E-state index is -0.457. The van der Waals surface area contributed by atoms with Gasteiger partial charge in [-0.3, -0.25) is 0 Å². The van der Waals surface area contributed by atoms with E-state index in [0.717, 1.165) is 11.1 Å². The molecule has 3 aromatic carbocycles. The molecule has 33 heavy (non-hydrogen) atoms. The van der Waals surface area contributed by atoms with Crippen LogP contribution in [0.2, 0.25) is 0 Å². The largest absolute Gasteiger partial charge is 0.496 e. The van der Waals surface area contributed by atoms with Crippen LogP contribution < -0.4 is 25.9 Å². The van der Waals surface area contributed by atoms with Crippen molar-refractivity contribution in [1.82, 2.24) is 0 Å². The number of carbonyl (C=O) groups is 1. The zero-order valence-electron chi connectivity index (χ0n) is 18.4. The molecule has 0 aliphatic heterocycles. The summed E-state index contributed by atoms with van der Waals surface area (Å²) in [5, 5.41) is 6.39. The summed E-state index contributed by atoms with van der Waals surface area (Å²) in [7, 11) is 5.42. The van der Waals surface area contributed by atoms with Crippen LogP contribution in [0.15, 0.2) is 82.0 Å². The highest BCUT2D eigenvalue weighted by Crippen LogP contribution is 2.32. The van der Waals surface area contributed by atoms with E-state index in [-0.39, 0.29) is 18.4 Å². The van der Waals surface area contributed by atoms with Gasteiger partial charge in [-0.1, -0.05) is 18.2 Å². The molecule has 0 aliphatic carbocycles. The highest BCUT2D eigenvalue weighted by atomic mass is 35.5. The standard InChI is InChI=1S/C25H23N3O4.ClH/c1-28(2)19-11-8-17(9-12-19)26-25(30)27-18-10-13-20(23(15-18)31-3)21-14-16-6-4-5-7-22(16)32-24(21)29;/h4-15H,1-3H3,(H2,26,27,30);1H. The maximum Gasteiger partial charge on any atom is 0.344 e. The van der Waals surface area contributed by atoms with Crippen LogP contribution in [0.1, 0.15) is 0 Å². The first-order chi connectivity index (χ1) is 15.4. The fourth-order valence-electron chi connectivity index (χ4n) is 3.38. The molecule has 4 rings (SSSR count). The van der Waals surface area contributed by atoms with Gasteiger partial charge in [0, 0.05) is 48.2 Å². The lowest BCUT2D eigenvalue weighted by Crippen LogP contribution is -2.19. The monoisotopic (exact) mass is 465 g/mol. The molecule has 7 nitrogen and oxygen atoms in total. The molecule has 0 unspecified atom stereocenters. The van der Waals surface area contributed by atoms with Gasteiger partial charge in [0.15, 0.2) is 0 Å². The van der Waals surface area contributed by atoms with Crippen LogP contribution in [-0.2, 0) is 0 Å². The van der Waals surface area contributed by atoms with Gasteiger partial charge in [0.25, 0.3) is 0 Å². The first kappa shape index (κ1) is 23.7. The number of hydrogen-bond acceptors (Lipinski definition) is 5. The first-order valence-electron chi connectivity index (χ1n) is 10.0. The third kappa shape index (κ3) is 5.27. The molecule has 4 aromatic rings. The molecule has 2 N–H and O–H groups in total. The molecule has 0 atom stereocenters. The molecule has 0 fully saturated rings. The predicted molar refractivity (Wildman–Crippen MR) is 135 cm³/mol. The highest BCUT2D eigenvalue weighted by molar-refractivity contribution is 6.00. The second-order valence-electron chi connectivity index (χ2n) is 7.42. The van der Waals surface area contributed by atoms with Gasteiger partial charge in [-0.15, -0.1) is 12.4 Å². The zero-order valence-corrected chi connectivity index (χ0v) is 19.2. The Morgan fingerprint density at radius 3 is 2.24 bits per heavy atom. The number of nitrogens with one attached hydrogen (secondary N) is 2. The summed E-state index contributed by atoms with van der Waals surface area (Å²) in [5.74, 6) is 0.445. The number of fused-ring (bicyclic) bond motifs is 1. The van der Waals surface area contributed by atoms with Gasteiger partial charge in [0.2, 0.25) is 0 Å². The molecule has 8 heteroatoms. The predicted octanol–water partition coefficient (Wildman–Crippen LogP) is 5.60. The van der Waals surface area contributed by atoms with E-state index in [2.05, 4.69) is 10.6 Å². The van der Waals surface area contributed by atoms with Crippen molar-refractivity contribution in [2.45, 2.75) is 0 Å². The Morgan fingerprint density at radius 1 is 0.879 bits per heavy atom. The Labute approximate surface area is 197 Å². The van der Waals surface area contributed by atoms with Crippen LogP contribution in [0.5, 0.6) is 5.75 Å². The number of nitrogens with zero attached hydrogens (tertiary/aromatic N) is 1. The Hall–Kier alpha value is -3.97. The fraction of sp³-hybridized carbons (Fsp3) is 0.120. The number of ether oxygens (including phenoxy) is 1. The molecule has 0 saturated carbocycles. The average Bonchev–Trinajstić information content (AvgIpc) is 2.79. The molecular weight excluding hydrogens is 442 g/mol. The van der Waals surface area contributed by atoms with E-state index in [4.69, 9.17) is 9.15 Å². The van der Waals surface area contributed by atoms with E-state index < -0.39 is 5.63 Å². The van der Waals surface area contributed by atoms with Crippen LogP contribution in [0.4, 0.5) is 21.9 Å². The number of benzene rings is 3. The maximum atomic E-state index is 12.5. The summed E-state index contributed by atoms with van der Waals surface area (Å²) < 4.78 is 10.9. The number of para-hydroxylation sites is 1. The lowest BCUT2D eigenvalue weighted by atomic mass is 10.0. The number of rotatable bonds is 5. The van der Waals surface area contributed by atoms with Crippen molar-refractivity contribution in [2.75, 3.05) is 36.7 Å². The number of methoxy groups -OCH3 is 1. The van der Waals surface area contributed by atoms with E-state index in [0.29, 0.717) is 33.8 Å². The van der Waals surface area contributed by atoms with Crippen LogP contribution in [0.25, 0.3) is 22.1 Å². The van der Waals surface area contributed by atoms with Crippen LogP contribution in [0, 0.1) is 0 Å². The summed E-state index contributed by atoms with van der Waals surface area (Å²) in [6.07, 6.45) is 0. The Kier molecular flexibility index (Phi) is 7.25. The molecule has 2 amide bonds. The van der Waals surface area contributed by atoms with Crippen molar-refractivity contribution in [2.24, 2.45) is 0 Å². The number of anilines is 3. The molecule has 0 saturated heterocycles. The molecule has 170 valence electrons. The zero-order chi connectivity index (χ0) is 22.7. The van der Waals surface area contributed by atoms with Gasteiger partial charge < -0.3 is 24.7 Å². The minimum Gasteiger partial charge on any atom is -0.496 e. The van der Waals surface area contributed by atoms with Crippen molar-refractivity contribution in [3.05, 3.63) is 83.2 Å². The number of amides is 2. The second kappa shape index (κ2) is 10.1. The summed E-state index contributed by atoms with van der Waals surface area (Å²) in [6.45, 7) is 0. The Morgan fingerprint density at radius 2 is 1.55 bits per heavy atom. The van der Waals surface area contributed by atoms with Gasteiger partial charge in [0.05, 0.1) is 12.7 Å². The fourth-order valence-corrected chi connectivity index (χ4v) is 3.38. The van der Waals surface area contributed by atoms with Gasteiger partial charge in [-0.25, -0.2) is 9.59 Å². The smallest absolute Gasteiger partial charge is 0.344 e. The summed E-state index contributed by atoms with van der Waals surface area (Å²) in [5.41, 5.74) is 3.27. The molecule has 0 radical (unpaired) electrons. The summed E-state index contributed by atoms with van der Waals surface area (Å²) >= 11 is 0. The van der Waals surface area contributed by atoms with Gasteiger partial charge in [0.1, 0.15) is 11.3 Å². The lowest BCUT2D eigenvalue weighted by molar-refractivity contribution is 0.262. The molecule has 0 bridgehead atoms. The van der Waals surface area contributed by atoms with Crippen LogP contribution in [0.3, 0.4) is 0 Å². The molecule has 0 aliphatic rings. The number of halogens is 1.